The first-order valence-corrected chi connectivity index (χ1v) is 11.3. The molecule has 5 rings (SSSR count). The van der Waals surface area contributed by atoms with E-state index in [0.29, 0.717) is 17.3 Å². The SMILES string of the molecule is O=C(CCn1[nH]c(=O)c2ccccc2c1=O)N1CCCC[C@@H]1c1nc2ccccc2s1. The van der Waals surface area contributed by atoms with Crippen LogP contribution < -0.4 is 11.1 Å². The van der Waals surface area contributed by atoms with E-state index in [2.05, 4.69) is 5.10 Å². The predicted octanol–water partition coefficient (Wildman–Crippen LogP) is 3.44. The highest BCUT2D eigenvalue weighted by Gasteiger charge is 2.30. The third-order valence-corrected chi connectivity index (χ3v) is 6.99. The summed E-state index contributed by atoms with van der Waals surface area (Å²) in [4.78, 5) is 44.8. The summed E-state index contributed by atoms with van der Waals surface area (Å²) < 4.78 is 2.37. The molecule has 1 atom stereocenters. The number of nitrogens with one attached hydrogen (secondary N) is 1. The number of rotatable bonds is 4. The van der Waals surface area contributed by atoms with Gasteiger partial charge in [0.05, 0.1) is 33.6 Å². The summed E-state index contributed by atoms with van der Waals surface area (Å²) in [6, 6.07) is 14.7. The largest absolute Gasteiger partial charge is 0.333 e. The average molecular weight is 435 g/mol. The Morgan fingerprint density at radius 1 is 1.06 bits per heavy atom. The lowest BCUT2D eigenvalue weighted by atomic mass is 10.0. The van der Waals surface area contributed by atoms with Crippen molar-refractivity contribution >= 4 is 38.2 Å². The number of piperidine rings is 1. The standard InChI is InChI=1S/C23H22N4O3S/c28-20(12-14-27-23(30)16-8-2-1-7-15(16)21(29)25-27)26-13-6-5-10-18(26)22-24-17-9-3-4-11-19(17)31-22/h1-4,7-9,11,18H,5-6,10,12-14H2,(H,25,29)/t18-/m1/s1. The Kier molecular flexibility index (Phi) is 5.15. The summed E-state index contributed by atoms with van der Waals surface area (Å²) in [6.07, 6.45) is 3.05. The van der Waals surface area contributed by atoms with Gasteiger partial charge >= 0.3 is 0 Å². The van der Waals surface area contributed by atoms with Gasteiger partial charge in [-0.3, -0.25) is 19.5 Å². The topological polar surface area (TPSA) is 88.1 Å². The molecule has 0 radical (unpaired) electrons. The predicted molar refractivity (Wildman–Crippen MR) is 121 cm³/mol. The smallest absolute Gasteiger partial charge is 0.273 e. The van der Waals surface area contributed by atoms with E-state index in [9.17, 15) is 14.4 Å². The molecule has 7 nitrogen and oxygen atoms in total. The second kappa shape index (κ2) is 8.11. The number of hydrogen-bond acceptors (Lipinski definition) is 5. The van der Waals surface area contributed by atoms with Crippen LogP contribution in [-0.2, 0) is 11.3 Å². The highest BCUT2D eigenvalue weighted by Crippen LogP contribution is 2.35. The van der Waals surface area contributed by atoms with E-state index in [1.54, 1.807) is 35.6 Å². The van der Waals surface area contributed by atoms with Gasteiger partial charge in [-0.25, -0.2) is 9.67 Å². The van der Waals surface area contributed by atoms with Gasteiger partial charge in [0.25, 0.3) is 11.1 Å². The molecule has 0 bridgehead atoms. The Morgan fingerprint density at radius 3 is 2.68 bits per heavy atom. The Balaban J connectivity index is 1.38. The van der Waals surface area contributed by atoms with Gasteiger partial charge in [0.1, 0.15) is 5.01 Å². The zero-order valence-electron chi connectivity index (χ0n) is 16.9. The van der Waals surface area contributed by atoms with E-state index in [1.807, 2.05) is 29.2 Å². The third-order valence-electron chi connectivity index (χ3n) is 5.85. The first-order valence-electron chi connectivity index (χ1n) is 10.5. The average Bonchev–Trinajstić information content (AvgIpc) is 3.24. The van der Waals surface area contributed by atoms with Crippen LogP contribution in [0, 0.1) is 0 Å². The number of carbonyl (C=O) groups excluding carboxylic acids is 1. The molecule has 2 aromatic carbocycles. The molecule has 2 aromatic heterocycles. The Labute approximate surface area is 181 Å². The first kappa shape index (κ1) is 19.7. The Hall–Kier alpha value is -3.26. The van der Waals surface area contributed by atoms with E-state index in [-0.39, 0.29) is 36.0 Å². The van der Waals surface area contributed by atoms with E-state index >= 15 is 0 Å². The number of aromatic amines is 1. The van der Waals surface area contributed by atoms with Crippen molar-refractivity contribution in [3.63, 3.8) is 0 Å². The summed E-state index contributed by atoms with van der Waals surface area (Å²) in [6.45, 7) is 0.823. The first-order chi connectivity index (χ1) is 15.1. The summed E-state index contributed by atoms with van der Waals surface area (Å²) >= 11 is 1.64. The fourth-order valence-electron chi connectivity index (χ4n) is 4.27. The fourth-order valence-corrected chi connectivity index (χ4v) is 5.39. The number of likely N-dealkylation sites (tertiary alicyclic amines) is 1. The molecule has 1 amide bonds. The minimum atomic E-state index is -0.326. The van der Waals surface area contributed by atoms with Crippen molar-refractivity contribution in [1.82, 2.24) is 19.7 Å². The molecule has 0 unspecified atom stereocenters. The molecule has 0 saturated carbocycles. The summed E-state index contributed by atoms with van der Waals surface area (Å²) in [5.41, 5.74) is 0.345. The molecule has 8 heteroatoms. The third kappa shape index (κ3) is 3.67. The monoisotopic (exact) mass is 434 g/mol. The number of aromatic nitrogens is 3. The van der Waals surface area contributed by atoms with Gasteiger partial charge in [-0.15, -0.1) is 11.3 Å². The second-order valence-corrected chi connectivity index (χ2v) is 8.87. The number of thiazole rings is 1. The van der Waals surface area contributed by atoms with Crippen molar-refractivity contribution in [3.05, 3.63) is 74.2 Å². The number of H-pyrrole nitrogens is 1. The molecule has 31 heavy (non-hydrogen) atoms. The molecule has 0 spiro atoms. The van der Waals surface area contributed by atoms with Crippen molar-refractivity contribution in [2.45, 2.75) is 38.3 Å². The maximum atomic E-state index is 13.1. The Bertz CT molecular complexity index is 1350. The van der Waals surface area contributed by atoms with Gasteiger partial charge in [0.15, 0.2) is 0 Å². The lowest BCUT2D eigenvalue weighted by Crippen LogP contribution is -2.39. The van der Waals surface area contributed by atoms with E-state index < -0.39 is 0 Å². The normalized spacial score (nSPS) is 16.8. The zero-order valence-corrected chi connectivity index (χ0v) is 17.7. The fraction of sp³-hybridized carbons (Fsp3) is 0.304. The van der Waals surface area contributed by atoms with Gasteiger partial charge in [0, 0.05) is 13.0 Å². The quantitative estimate of drug-likeness (QED) is 0.533. The highest BCUT2D eigenvalue weighted by atomic mass is 32.1. The van der Waals surface area contributed by atoms with Crippen LogP contribution in [0.4, 0.5) is 0 Å². The van der Waals surface area contributed by atoms with E-state index in [4.69, 9.17) is 4.98 Å². The van der Waals surface area contributed by atoms with Crippen molar-refractivity contribution in [2.24, 2.45) is 0 Å². The second-order valence-electron chi connectivity index (χ2n) is 7.81. The van der Waals surface area contributed by atoms with Gasteiger partial charge in [0.2, 0.25) is 5.91 Å². The minimum Gasteiger partial charge on any atom is -0.333 e. The van der Waals surface area contributed by atoms with Crippen LogP contribution in [0.25, 0.3) is 21.0 Å². The molecule has 1 aliphatic rings. The molecular formula is C23H22N4O3S. The van der Waals surface area contributed by atoms with Gasteiger partial charge in [-0.2, -0.15) is 0 Å². The van der Waals surface area contributed by atoms with Crippen LogP contribution >= 0.6 is 11.3 Å². The number of fused-ring (bicyclic) bond motifs is 2. The number of para-hydroxylation sites is 1. The number of aryl methyl sites for hydroxylation is 1. The maximum Gasteiger partial charge on any atom is 0.273 e. The van der Waals surface area contributed by atoms with Crippen LogP contribution in [0.2, 0.25) is 0 Å². The molecule has 4 aromatic rings. The zero-order chi connectivity index (χ0) is 21.4. The molecule has 1 saturated heterocycles. The molecule has 1 N–H and O–H groups in total. The number of benzene rings is 2. The number of amides is 1. The van der Waals surface area contributed by atoms with Crippen molar-refractivity contribution in [3.8, 4) is 0 Å². The maximum absolute atomic E-state index is 13.1. The summed E-state index contributed by atoms with van der Waals surface area (Å²) in [7, 11) is 0. The molecule has 1 aliphatic heterocycles. The lowest BCUT2D eigenvalue weighted by molar-refractivity contribution is -0.135. The van der Waals surface area contributed by atoms with Crippen molar-refractivity contribution < 1.29 is 4.79 Å². The highest BCUT2D eigenvalue weighted by molar-refractivity contribution is 7.18. The van der Waals surface area contributed by atoms with Crippen LogP contribution in [0.1, 0.15) is 36.7 Å². The van der Waals surface area contributed by atoms with Crippen molar-refractivity contribution in [1.29, 1.82) is 0 Å². The van der Waals surface area contributed by atoms with Crippen LogP contribution in [0.15, 0.2) is 58.1 Å². The summed E-state index contributed by atoms with van der Waals surface area (Å²) in [5.74, 6) is -0.0233. The number of hydrogen-bond donors (Lipinski definition) is 1. The Morgan fingerprint density at radius 2 is 1.84 bits per heavy atom. The van der Waals surface area contributed by atoms with Crippen LogP contribution in [0.3, 0.4) is 0 Å². The van der Waals surface area contributed by atoms with Gasteiger partial charge in [-0.05, 0) is 43.5 Å². The molecule has 3 heterocycles. The number of nitrogens with zero attached hydrogens (tertiary/aromatic N) is 3. The van der Waals surface area contributed by atoms with Crippen LogP contribution in [0.5, 0.6) is 0 Å². The molecular weight excluding hydrogens is 412 g/mol. The van der Waals surface area contributed by atoms with Crippen molar-refractivity contribution in [2.75, 3.05) is 6.54 Å². The lowest BCUT2D eigenvalue weighted by Gasteiger charge is -2.34. The van der Waals surface area contributed by atoms with Gasteiger partial charge in [-0.1, -0.05) is 24.3 Å². The van der Waals surface area contributed by atoms with E-state index in [1.165, 1.54) is 4.68 Å². The number of carbonyl (C=O) groups is 1. The molecule has 0 aliphatic carbocycles. The van der Waals surface area contributed by atoms with Crippen LogP contribution in [-0.4, -0.2) is 32.1 Å². The minimum absolute atomic E-state index is 0.0233. The molecule has 1 fully saturated rings. The summed E-state index contributed by atoms with van der Waals surface area (Å²) in [5, 5.41) is 4.30. The van der Waals surface area contributed by atoms with E-state index in [0.717, 1.165) is 34.5 Å². The van der Waals surface area contributed by atoms with Gasteiger partial charge < -0.3 is 4.90 Å². The molecule has 158 valence electrons.